The molecule has 0 atom stereocenters. The Hall–Kier alpha value is -5.18. The van der Waals surface area contributed by atoms with Gasteiger partial charge in [-0.25, -0.2) is 9.59 Å². The lowest BCUT2D eigenvalue weighted by Gasteiger charge is -2.26. The average Bonchev–Trinajstić information content (AvgIpc) is 3.06. The van der Waals surface area contributed by atoms with Crippen LogP contribution in [0.4, 0.5) is 17.1 Å². The van der Waals surface area contributed by atoms with Crippen LogP contribution >= 0.6 is 0 Å². The predicted molar refractivity (Wildman–Crippen MR) is 176 cm³/mol. The standard InChI is InChI=1S/C37H41NO8/c1-4-34(39)43-26-10-6-8-12-36(41)45-32-22-18-30(19-23-32)38(29-16-14-28(3)15-17-29)31-20-24-33(25-21-31)46-37(42)13-9-7-11-27-44-35(40)5-2/h4-5,14-25H,1-2,6-13,26-27H2,3H3. The Morgan fingerprint density at radius 1 is 0.565 bits per heavy atom. The van der Waals surface area contributed by atoms with E-state index in [-0.39, 0.29) is 24.8 Å². The summed E-state index contributed by atoms with van der Waals surface area (Å²) in [5.74, 6) is -0.674. The van der Waals surface area contributed by atoms with Crippen molar-refractivity contribution in [2.45, 2.75) is 58.3 Å². The van der Waals surface area contributed by atoms with Crippen molar-refractivity contribution in [2.75, 3.05) is 18.1 Å². The van der Waals surface area contributed by atoms with E-state index in [1.54, 1.807) is 24.3 Å². The number of benzene rings is 3. The maximum Gasteiger partial charge on any atom is 0.330 e. The Morgan fingerprint density at radius 3 is 1.30 bits per heavy atom. The number of nitrogens with zero attached hydrogens (tertiary/aromatic N) is 1. The van der Waals surface area contributed by atoms with Crippen LogP contribution < -0.4 is 14.4 Å². The summed E-state index contributed by atoms with van der Waals surface area (Å²) in [5.41, 5.74) is 3.75. The van der Waals surface area contributed by atoms with E-state index in [2.05, 4.69) is 18.1 Å². The van der Waals surface area contributed by atoms with Crippen molar-refractivity contribution in [1.82, 2.24) is 0 Å². The lowest BCUT2D eigenvalue weighted by Crippen LogP contribution is -2.11. The van der Waals surface area contributed by atoms with E-state index in [1.165, 1.54) is 0 Å². The summed E-state index contributed by atoms with van der Waals surface area (Å²) < 4.78 is 20.9. The minimum Gasteiger partial charge on any atom is -0.463 e. The van der Waals surface area contributed by atoms with Gasteiger partial charge in [0.15, 0.2) is 0 Å². The van der Waals surface area contributed by atoms with E-state index in [0.717, 1.165) is 47.6 Å². The van der Waals surface area contributed by atoms with Crippen LogP contribution in [0, 0.1) is 6.92 Å². The van der Waals surface area contributed by atoms with Crippen LogP contribution in [0.1, 0.15) is 56.9 Å². The minimum atomic E-state index is -0.451. The molecule has 0 N–H and O–H groups in total. The molecular weight excluding hydrogens is 586 g/mol. The zero-order valence-corrected chi connectivity index (χ0v) is 26.3. The van der Waals surface area contributed by atoms with Gasteiger partial charge in [-0.15, -0.1) is 0 Å². The molecule has 0 fully saturated rings. The second-order valence-electron chi connectivity index (χ2n) is 10.5. The van der Waals surface area contributed by atoms with Gasteiger partial charge in [0.1, 0.15) is 11.5 Å². The van der Waals surface area contributed by atoms with Crippen molar-refractivity contribution < 1.29 is 38.1 Å². The largest absolute Gasteiger partial charge is 0.463 e. The highest BCUT2D eigenvalue weighted by Gasteiger charge is 2.14. The van der Waals surface area contributed by atoms with Crippen molar-refractivity contribution >= 4 is 40.9 Å². The van der Waals surface area contributed by atoms with Gasteiger partial charge in [-0.3, -0.25) is 9.59 Å². The summed E-state index contributed by atoms with van der Waals surface area (Å²) in [4.78, 5) is 48.9. The van der Waals surface area contributed by atoms with Gasteiger partial charge in [-0.05, 0) is 106 Å². The van der Waals surface area contributed by atoms with Gasteiger partial charge in [0.25, 0.3) is 0 Å². The van der Waals surface area contributed by atoms with E-state index < -0.39 is 11.9 Å². The van der Waals surface area contributed by atoms with Gasteiger partial charge >= 0.3 is 23.9 Å². The fourth-order valence-electron chi connectivity index (χ4n) is 4.39. The smallest absolute Gasteiger partial charge is 0.330 e. The highest BCUT2D eigenvalue weighted by molar-refractivity contribution is 5.81. The summed E-state index contributed by atoms with van der Waals surface area (Å²) >= 11 is 0. The Kier molecular flexibility index (Phi) is 14.8. The van der Waals surface area contributed by atoms with Crippen molar-refractivity contribution in [2.24, 2.45) is 0 Å². The molecule has 46 heavy (non-hydrogen) atoms. The third-order valence-electron chi connectivity index (χ3n) is 6.82. The second-order valence-corrected chi connectivity index (χ2v) is 10.5. The van der Waals surface area contributed by atoms with Gasteiger partial charge in [-0.1, -0.05) is 30.9 Å². The van der Waals surface area contributed by atoms with E-state index in [1.807, 2.05) is 55.5 Å². The molecule has 242 valence electrons. The molecule has 0 aliphatic carbocycles. The summed E-state index contributed by atoms with van der Waals surface area (Å²) in [6.45, 7) is 9.33. The van der Waals surface area contributed by atoms with E-state index >= 15 is 0 Å². The van der Waals surface area contributed by atoms with Gasteiger partial charge in [0.05, 0.1) is 13.2 Å². The fourth-order valence-corrected chi connectivity index (χ4v) is 4.39. The van der Waals surface area contributed by atoms with Crippen LogP contribution in [-0.2, 0) is 28.7 Å². The van der Waals surface area contributed by atoms with Crippen LogP contribution in [0.2, 0.25) is 0 Å². The number of esters is 4. The number of carbonyl (C=O) groups excluding carboxylic acids is 4. The number of unbranched alkanes of at least 4 members (excludes halogenated alkanes) is 4. The molecule has 0 unspecified atom stereocenters. The first-order valence-corrected chi connectivity index (χ1v) is 15.4. The molecule has 3 aromatic carbocycles. The molecule has 9 heteroatoms. The van der Waals surface area contributed by atoms with Crippen molar-refractivity contribution in [3.05, 3.63) is 104 Å². The molecule has 0 aliphatic rings. The maximum atomic E-state index is 12.3. The SMILES string of the molecule is C=CC(=O)OCCCCCC(=O)Oc1ccc(N(c2ccc(C)cc2)c2ccc(OC(=O)CCCCCOC(=O)C=C)cc2)cc1. The molecular formula is C37H41NO8. The molecule has 0 spiro atoms. The number of ether oxygens (including phenoxy) is 4. The Bertz CT molecular complexity index is 1360. The summed E-state index contributed by atoms with van der Waals surface area (Å²) in [5, 5.41) is 0. The lowest BCUT2D eigenvalue weighted by atomic mass is 10.1. The fraction of sp³-hybridized carbons (Fsp3) is 0.297. The first-order chi connectivity index (χ1) is 22.3. The Morgan fingerprint density at radius 2 is 0.935 bits per heavy atom. The van der Waals surface area contributed by atoms with Crippen LogP contribution in [0.15, 0.2) is 98.1 Å². The number of carbonyl (C=O) groups is 4. The molecule has 0 radical (unpaired) electrons. The van der Waals surface area contributed by atoms with Crippen molar-refractivity contribution in [3.63, 3.8) is 0 Å². The molecule has 0 heterocycles. The number of rotatable bonds is 19. The highest BCUT2D eigenvalue weighted by Crippen LogP contribution is 2.36. The topological polar surface area (TPSA) is 108 Å². The Labute approximate surface area is 270 Å². The number of hydrogen-bond acceptors (Lipinski definition) is 9. The quantitative estimate of drug-likeness (QED) is 0.0568. The number of aryl methyl sites for hydroxylation is 1. The van der Waals surface area contributed by atoms with Gasteiger partial charge < -0.3 is 23.8 Å². The van der Waals surface area contributed by atoms with Gasteiger partial charge in [0, 0.05) is 42.1 Å². The average molecular weight is 628 g/mol. The normalized spacial score (nSPS) is 10.4. The van der Waals surface area contributed by atoms with Crippen LogP contribution in [0.25, 0.3) is 0 Å². The second kappa shape index (κ2) is 19.3. The third-order valence-corrected chi connectivity index (χ3v) is 6.82. The molecule has 0 amide bonds. The molecule has 0 saturated carbocycles. The van der Waals surface area contributed by atoms with E-state index in [4.69, 9.17) is 18.9 Å². The van der Waals surface area contributed by atoms with Crippen molar-refractivity contribution in [1.29, 1.82) is 0 Å². The van der Waals surface area contributed by atoms with Crippen LogP contribution in [-0.4, -0.2) is 37.1 Å². The molecule has 9 nitrogen and oxygen atoms in total. The molecule has 0 saturated heterocycles. The summed E-state index contributed by atoms with van der Waals surface area (Å²) in [7, 11) is 0. The zero-order valence-electron chi connectivity index (χ0n) is 26.3. The monoisotopic (exact) mass is 627 g/mol. The summed E-state index contributed by atoms with van der Waals surface area (Å²) in [6, 6.07) is 22.6. The molecule has 3 rings (SSSR count). The minimum absolute atomic E-state index is 0.261. The molecule has 3 aromatic rings. The predicted octanol–water partition coefficient (Wildman–Crippen LogP) is 7.85. The van der Waals surface area contributed by atoms with E-state index in [0.29, 0.717) is 50.4 Å². The zero-order chi connectivity index (χ0) is 33.1. The number of hydrogen-bond donors (Lipinski definition) is 0. The molecule has 0 bridgehead atoms. The molecule has 0 aromatic heterocycles. The molecule has 0 aliphatic heterocycles. The van der Waals surface area contributed by atoms with Crippen LogP contribution in [0.3, 0.4) is 0 Å². The first-order valence-electron chi connectivity index (χ1n) is 15.4. The highest BCUT2D eigenvalue weighted by atomic mass is 16.5. The third kappa shape index (κ3) is 12.4. The summed E-state index contributed by atoms with van der Waals surface area (Å²) in [6.07, 6.45) is 6.83. The van der Waals surface area contributed by atoms with Crippen LogP contribution in [0.5, 0.6) is 11.5 Å². The van der Waals surface area contributed by atoms with Gasteiger partial charge in [-0.2, -0.15) is 0 Å². The van der Waals surface area contributed by atoms with E-state index in [9.17, 15) is 19.2 Å². The van der Waals surface area contributed by atoms with Gasteiger partial charge in [0.2, 0.25) is 0 Å². The van der Waals surface area contributed by atoms with Crippen molar-refractivity contribution in [3.8, 4) is 11.5 Å². The maximum absolute atomic E-state index is 12.3. The lowest BCUT2D eigenvalue weighted by molar-refractivity contribution is -0.138. The Balaban J connectivity index is 1.57. The number of anilines is 3. The first kappa shape index (κ1) is 35.3.